The van der Waals surface area contributed by atoms with E-state index in [-0.39, 0.29) is 12.4 Å². The van der Waals surface area contributed by atoms with E-state index in [1.165, 1.54) is 6.07 Å². The summed E-state index contributed by atoms with van der Waals surface area (Å²) < 4.78 is 18.7. The van der Waals surface area contributed by atoms with Crippen molar-refractivity contribution in [1.82, 2.24) is 0 Å². The summed E-state index contributed by atoms with van der Waals surface area (Å²) in [6, 6.07) is 4.79. The zero-order chi connectivity index (χ0) is 11.6. The topological polar surface area (TPSA) is 29.5 Å². The van der Waals surface area contributed by atoms with Crippen LogP contribution in [0.1, 0.15) is 31.2 Å². The van der Waals surface area contributed by atoms with Crippen molar-refractivity contribution in [3.8, 4) is 5.75 Å². The maximum Gasteiger partial charge on any atom is 0.129 e. The van der Waals surface area contributed by atoms with Gasteiger partial charge in [-0.05, 0) is 31.4 Å². The number of hydrogen-bond donors (Lipinski definition) is 1. The molecule has 0 amide bonds. The summed E-state index contributed by atoms with van der Waals surface area (Å²) in [6.07, 6.45) is 3.65. The van der Waals surface area contributed by atoms with Crippen molar-refractivity contribution in [3.05, 3.63) is 29.6 Å². The first-order valence-electron chi connectivity index (χ1n) is 5.70. The lowest BCUT2D eigenvalue weighted by molar-refractivity contribution is 0.00131. The zero-order valence-corrected chi connectivity index (χ0v) is 9.50. The number of aliphatic hydroxyl groups is 1. The molecule has 0 bridgehead atoms. The van der Waals surface area contributed by atoms with Crippen molar-refractivity contribution in [2.24, 2.45) is 0 Å². The van der Waals surface area contributed by atoms with E-state index < -0.39 is 5.60 Å². The van der Waals surface area contributed by atoms with Gasteiger partial charge in [0.2, 0.25) is 0 Å². The molecular formula is C13H17FO2. The van der Waals surface area contributed by atoms with Gasteiger partial charge in [0.25, 0.3) is 0 Å². The highest BCUT2D eigenvalue weighted by Crippen LogP contribution is 2.30. The lowest BCUT2D eigenvalue weighted by atomic mass is 10.0. The number of halogens is 1. The summed E-state index contributed by atoms with van der Waals surface area (Å²) in [4.78, 5) is 0. The quantitative estimate of drug-likeness (QED) is 0.855. The third kappa shape index (κ3) is 2.53. The standard InChI is InChI=1S/C13H17FO2/c1-10-4-5-11(8-12(10)14)16-9-13(15)6-2-3-7-13/h4-5,8,15H,2-3,6-7,9H2,1H3. The number of aryl methyl sites for hydroxylation is 1. The van der Waals surface area contributed by atoms with E-state index in [1.807, 2.05) is 0 Å². The minimum atomic E-state index is -0.707. The third-order valence-corrected chi connectivity index (χ3v) is 3.19. The minimum Gasteiger partial charge on any atom is -0.490 e. The summed E-state index contributed by atoms with van der Waals surface area (Å²) >= 11 is 0. The van der Waals surface area contributed by atoms with Gasteiger partial charge in [-0.1, -0.05) is 18.9 Å². The lowest BCUT2D eigenvalue weighted by Crippen LogP contribution is -2.32. The monoisotopic (exact) mass is 224 g/mol. The second-order valence-electron chi connectivity index (χ2n) is 4.63. The van der Waals surface area contributed by atoms with Crippen LogP contribution < -0.4 is 4.74 Å². The van der Waals surface area contributed by atoms with Crippen molar-refractivity contribution in [2.75, 3.05) is 6.61 Å². The molecule has 0 saturated heterocycles. The molecule has 1 aliphatic rings. The van der Waals surface area contributed by atoms with Crippen molar-refractivity contribution in [1.29, 1.82) is 0 Å². The van der Waals surface area contributed by atoms with Gasteiger partial charge < -0.3 is 9.84 Å². The Bertz CT molecular complexity index is 370. The molecule has 0 heterocycles. The maximum absolute atomic E-state index is 13.2. The first-order chi connectivity index (χ1) is 7.59. The molecule has 1 saturated carbocycles. The molecule has 0 aliphatic heterocycles. The van der Waals surface area contributed by atoms with Crippen LogP contribution in [0, 0.1) is 12.7 Å². The summed E-state index contributed by atoms with van der Waals surface area (Å²) in [5.74, 6) is 0.222. The van der Waals surface area contributed by atoms with Crippen LogP contribution in [0.15, 0.2) is 18.2 Å². The highest BCUT2D eigenvalue weighted by atomic mass is 19.1. The summed E-state index contributed by atoms with van der Waals surface area (Å²) in [7, 11) is 0. The molecule has 16 heavy (non-hydrogen) atoms. The number of ether oxygens (including phenoxy) is 1. The molecular weight excluding hydrogens is 207 g/mol. The molecule has 0 unspecified atom stereocenters. The molecule has 0 aromatic heterocycles. The molecule has 2 nitrogen and oxygen atoms in total. The van der Waals surface area contributed by atoms with Crippen LogP contribution in [0.4, 0.5) is 4.39 Å². The Morgan fingerprint density at radius 2 is 2.06 bits per heavy atom. The Labute approximate surface area is 95.1 Å². The van der Waals surface area contributed by atoms with Gasteiger partial charge in [0, 0.05) is 6.07 Å². The van der Waals surface area contributed by atoms with Crippen LogP contribution in [0.25, 0.3) is 0 Å². The Hall–Kier alpha value is -1.09. The number of rotatable bonds is 3. The molecule has 0 radical (unpaired) electrons. The maximum atomic E-state index is 13.2. The van der Waals surface area contributed by atoms with E-state index in [9.17, 15) is 9.50 Å². The molecule has 0 atom stereocenters. The van der Waals surface area contributed by atoms with E-state index in [2.05, 4.69) is 0 Å². The highest BCUT2D eigenvalue weighted by Gasteiger charge is 2.31. The van der Waals surface area contributed by atoms with Crippen LogP contribution in [0.5, 0.6) is 5.75 Å². The first-order valence-corrected chi connectivity index (χ1v) is 5.70. The van der Waals surface area contributed by atoms with E-state index in [1.54, 1.807) is 19.1 Å². The van der Waals surface area contributed by atoms with Gasteiger partial charge >= 0.3 is 0 Å². The normalized spacial score (nSPS) is 18.7. The summed E-state index contributed by atoms with van der Waals surface area (Å²) in [5.41, 5.74) is -0.103. The largest absolute Gasteiger partial charge is 0.490 e. The summed E-state index contributed by atoms with van der Waals surface area (Å²) in [6.45, 7) is 1.97. The third-order valence-electron chi connectivity index (χ3n) is 3.19. The molecule has 88 valence electrons. The second kappa shape index (κ2) is 4.42. The number of hydrogen-bond acceptors (Lipinski definition) is 2. The van der Waals surface area contributed by atoms with E-state index in [0.29, 0.717) is 11.3 Å². The fourth-order valence-electron chi connectivity index (χ4n) is 2.06. The van der Waals surface area contributed by atoms with E-state index in [0.717, 1.165) is 25.7 Å². The van der Waals surface area contributed by atoms with Crippen LogP contribution >= 0.6 is 0 Å². The summed E-state index contributed by atoms with van der Waals surface area (Å²) in [5, 5.41) is 10.1. The zero-order valence-electron chi connectivity index (χ0n) is 9.50. The van der Waals surface area contributed by atoms with Crippen molar-refractivity contribution >= 4 is 0 Å². The molecule has 0 spiro atoms. The Morgan fingerprint density at radius 3 is 2.69 bits per heavy atom. The second-order valence-corrected chi connectivity index (χ2v) is 4.63. The van der Waals surface area contributed by atoms with Gasteiger partial charge in [-0.3, -0.25) is 0 Å². The Morgan fingerprint density at radius 1 is 1.38 bits per heavy atom. The average molecular weight is 224 g/mol. The predicted molar refractivity (Wildman–Crippen MR) is 60.0 cm³/mol. The van der Waals surface area contributed by atoms with Crippen molar-refractivity contribution < 1.29 is 14.2 Å². The SMILES string of the molecule is Cc1ccc(OCC2(O)CCCC2)cc1F. The van der Waals surface area contributed by atoms with E-state index >= 15 is 0 Å². The van der Waals surface area contributed by atoms with Crippen molar-refractivity contribution in [3.63, 3.8) is 0 Å². The lowest BCUT2D eigenvalue weighted by Gasteiger charge is -2.22. The Kier molecular flexibility index (Phi) is 3.15. The van der Waals surface area contributed by atoms with E-state index in [4.69, 9.17) is 4.74 Å². The molecule has 1 aromatic rings. The van der Waals surface area contributed by atoms with Gasteiger partial charge in [0.15, 0.2) is 0 Å². The van der Waals surface area contributed by atoms with Gasteiger partial charge in [-0.2, -0.15) is 0 Å². The predicted octanol–water partition coefficient (Wildman–Crippen LogP) is 2.82. The molecule has 1 fully saturated rings. The van der Waals surface area contributed by atoms with Gasteiger partial charge in [-0.25, -0.2) is 4.39 Å². The highest BCUT2D eigenvalue weighted by molar-refractivity contribution is 5.28. The van der Waals surface area contributed by atoms with Gasteiger partial charge in [0.05, 0.1) is 5.60 Å². The van der Waals surface area contributed by atoms with Crippen LogP contribution in [-0.2, 0) is 0 Å². The van der Waals surface area contributed by atoms with Crippen LogP contribution in [0.3, 0.4) is 0 Å². The smallest absolute Gasteiger partial charge is 0.129 e. The van der Waals surface area contributed by atoms with Crippen LogP contribution in [0.2, 0.25) is 0 Å². The average Bonchev–Trinajstić information content (AvgIpc) is 2.68. The fourth-order valence-corrected chi connectivity index (χ4v) is 2.06. The Balaban J connectivity index is 1.96. The van der Waals surface area contributed by atoms with Gasteiger partial charge in [-0.15, -0.1) is 0 Å². The van der Waals surface area contributed by atoms with Crippen LogP contribution in [-0.4, -0.2) is 17.3 Å². The molecule has 3 heteroatoms. The molecule has 1 aromatic carbocycles. The fraction of sp³-hybridized carbons (Fsp3) is 0.538. The molecule has 2 rings (SSSR count). The molecule has 1 aliphatic carbocycles. The first kappa shape index (κ1) is 11.4. The minimum absolute atomic E-state index is 0.259. The van der Waals surface area contributed by atoms with Crippen molar-refractivity contribution in [2.45, 2.75) is 38.2 Å². The number of benzene rings is 1. The van der Waals surface area contributed by atoms with Gasteiger partial charge in [0.1, 0.15) is 18.2 Å². The molecule has 1 N–H and O–H groups in total.